The van der Waals surface area contributed by atoms with E-state index in [1.165, 1.54) is 0 Å². The molecule has 1 aromatic heterocycles. The lowest BCUT2D eigenvalue weighted by atomic mass is 10.1. The van der Waals surface area contributed by atoms with Crippen LogP contribution >= 0.6 is 24.0 Å². The summed E-state index contributed by atoms with van der Waals surface area (Å²) in [5.41, 5.74) is 2.10. The number of aryl methyl sites for hydroxylation is 2. The zero-order chi connectivity index (χ0) is 16.7. The average Bonchev–Trinajstić information content (AvgIpc) is 3.15. The lowest BCUT2D eigenvalue weighted by molar-refractivity contribution is 0.134. The monoisotopic (exact) mass is 450 g/mol. The molecule has 0 radical (unpaired) electrons. The molecule has 1 aromatic rings. The molecule has 1 fully saturated rings. The van der Waals surface area contributed by atoms with E-state index in [0.717, 1.165) is 68.2 Å². The van der Waals surface area contributed by atoms with Crippen LogP contribution in [0.1, 0.15) is 57.1 Å². The second kappa shape index (κ2) is 10.9. The maximum absolute atomic E-state index is 9.93. The molecule has 0 aromatic carbocycles. The molecule has 7 heteroatoms. The number of aliphatic hydroxyl groups is 1. The van der Waals surface area contributed by atoms with Gasteiger partial charge in [-0.15, -0.1) is 24.0 Å². The van der Waals surface area contributed by atoms with Gasteiger partial charge in [-0.1, -0.05) is 25.4 Å². The van der Waals surface area contributed by atoms with Crippen LogP contribution in [0, 0.1) is 5.92 Å². The third kappa shape index (κ3) is 5.61. The molecule has 2 atom stereocenters. The van der Waals surface area contributed by atoms with E-state index in [2.05, 4.69) is 41.6 Å². The van der Waals surface area contributed by atoms with Gasteiger partial charge in [0.15, 0.2) is 5.96 Å². The van der Waals surface area contributed by atoms with Crippen molar-refractivity contribution >= 4 is 29.9 Å². The van der Waals surface area contributed by atoms with Gasteiger partial charge < -0.3 is 20.3 Å². The summed E-state index contributed by atoms with van der Waals surface area (Å²) in [6.45, 7) is 8.34. The van der Waals surface area contributed by atoms with Crippen LogP contribution < -0.4 is 10.6 Å². The lowest BCUT2D eigenvalue weighted by Gasteiger charge is -2.17. The molecular weight excluding hydrogens is 419 g/mol. The number of hydrogen-bond donors (Lipinski definition) is 3. The van der Waals surface area contributed by atoms with E-state index in [1.54, 1.807) is 0 Å². The predicted molar refractivity (Wildman–Crippen MR) is 107 cm³/mol. The van der Waals surface area contributed by atoms with Gasteiger partial charge in [0.05, 0.1) is 18.3 Å². The Bertz CT molecular complexity index is 497. The molecule has 0 aliphatic heterocycles. The standard InChI is InChI=1S/C17H30N4O2.HI/c1-4-14-13(16(5-2)23-21-14)11-20-17(18-6-3)19-10-12-8-7-9-15(12)22;/h12,15,22H,4-11H2,1-3H3,(H2,18,19,20);1H. The lowest BCUT2D eigenvalue weighted by Crippen LogP contribution is -2.41. The Morgan fingerprint density at radius 2 is 2.04 bits per heavy atom. The molecule has 138 valence electrons. The van der Waals surface area contributed by atoms with Crippen molar-refractivity contribution in [3.63, 3.8) is 0 Å². The van der Waals surface area contributed by atoms with Gasteiger partial charge in [-0.05, 0) is 26.2 Å². The molecule has 2 rings (SSSR count). The van der Waals surface area contributed by atoms with Crippen LogP contribution in [-0.2, 0) is 19.4 Å². The summed E-state index contributed by atoms with van der Waals surface area (Å²) in [5.74, 6) is 2.04. The molecule has 1 aliphatic rings. The van der Waals surface area contributed by atoms with Crippen molar-refractivity contribution in [1.29, 1.82) is 0 Å². The summed E-state index contributed by atoms with van der Waals surface area (Å²) in [6.07, 6.45) is 4.62. The van der Waals surface area contributed by atoms with Gasteiger partial charge >= 0.3 is 0 Å². The maximum Gasteiger partial charge on any atom is 0.191 e. The van der Waals surface area contributed by atoms with Crippen LogP contribution in [0.4, 0.5) is 0 Å². The minimum atomic E-state index is -0.179. The van der Waals surface area contributed by atoms with Crippen molar-refractivity contribution < 1.29 is 9.63 Å². The van der Waals surface area contributed by atoms with E-state index in [1.807, 2.05) is 0 Å². The Balaban J connectivity index is 0.00000288. The molecule has 3 N–H and O–H groups in total. The van der Waals surface area contributed by atoms with E-state index < -0.39 is 0 Å². The van der Waals surface area contributed by atoms with Gasteiger partial charge in [-0.25, -0.2) is 4.99 Å². The number of guanidine groups is 1. The highest BCUT2D eigenvalue weighted by Gasteiger charge is 2.25. The molecule has 1 saturated carbocycles. The van der Waals surface area contributed by atoms with E-state index in [4.69, 9.17) is 4.52 Å². The second-order valence-electron chi connectivity index (χ2n) is 6.07. The first kappa shape index (κ1) is 21.2. The summed E-state index contributed by atoms with van der Waals surface area (Å²) >= 11 is 0. The van der Waals surface area contributed by atoms with Crippen LogP contribution in [-0.4, -0.2) is 35.4 Å². The van der Waals surface area contributed by atoms with Crippen molar-refractivity contribution in [3.05, 3.63) is 17.0 Å². The number of nitrogens with one attached hydrogen (secondary N) is 2. The predicted octanol–water partition coefficient (Wildman–Crippen LogP) is 2.63. The molecule has 0 bridgehead atoms. The van der Waals surface area contributed by atoms with E-state index in [0.29, 0.717) is 12.5 Å². The topological polar surface area (TPSA) is 82.7 Å². The molecule has 0 saturated heterocycles. The number of halogens is 1. The Hall–Kier alpha value is -0.830. The highest BCUT2D eigenvalue weighted by molar-refractivity contribution is 14.0. The molecule has 1 aliphatic carbocycles. The summed E-state index contributed by atoms with van der Waals surface area (Å²) in [6, 6.07) is 0. The third-order valence-electron chi connectivity index (χ3n) is 4.50. The van der Waals surface area contributed by atoms with E-state index in [9.17, 15) is 5.11 Å². The number of nitrogens with zero attached hydrogens (tertiary/aromatic N) is 2. The Labute approximate surface area is 161 Å². The van der Waals surface area contributed by atoms with Crippen LogP contribution in [0.2, 0.25) is 0 Å². The number of aliphatic imine (C=N–C) groups is 1. The maximum atomic E-state index is 9.93. The molecule has 0 spiro atoms. The molecule has 1 heterocycles. The molecule has 6 nitrogen and oxygen atoms in total. The first-order valence-electron chi connectivity index (χ1n) is 8.86. The largest absolute Gasteiger partial charge is 0.393 e. The fraction of sp³-hybridized carbons (Fsp3) is 0.765. The van der Waals surface area contributed by atoms with Gasteiger partial charge in [-0.2, -0.15) is 0 Å². The van der Waals surface area contributed by atoms with Crippen LogP contribution in [0.15, 0.2) is 9.52 Å². The normalized spacial score (nSPS) is 20.8. The van der Waals surface area contributed by atoms with Crippen LogP contribution in [0.3, 0.4) is 0 Å². The number of aromatic nitrogens is 1. The Morgan fingerprint density at radius 1 is 1.25 bits per heavy atom. The fourth-order valence-corrected chi connectivity index (χ4v) is 3.10. The quantitative estimate of drug-likeness (QED) is 0.338. The molecule has 24 heavy (non-hydrogen) atoms. The van der Waals surface area contributed by atoms with Gasteiger partial charge in [0, 0.05) is 31.0 Å². The number of aliphatic hydroxyl groups excluding tert-OH is 1. The average molecular weight is 450 g/mol. The number of rotatable bonds is 7. The Kier molecular flexibility index (Phi) is 9.65. The first-order valence-corrected chi connectivity index (χ1v) is 8.86. The minimum absolute atomic E-state index is 0. The second-order valence-corrected chi connectivity index (χ2v) is 6.07. The highest BCUT2D eigenvalue weighted by Crippen LogP contribution is 2.24. The smallest absolute Gasteiger partial charge is 0.191 e. The van der Waals surface area contributed by atoms with E-state index >= 15 is 0 Å². The molecular formula is C17H31IN4O2. The van der Waals surface area contributed by atoms with Gasteiger partial charge in [0.25, 0.3) is 0 Å². The van der Waals surface area contributed by atoms with Gasteiger partial charge in [-0.3, -0.25) is 0 Å². The Morgan fingerprint density at radius 3 is 2.62 bits per heavy atom. The van der Waals surface area contributed by atoms with Gasteiger partial charge in [0.2, 0.25) is 0 Å². The molecule has 2 unspecified atom stereocenters. The summed E-state index contributed by atoms with van der Waals surface area (Å²) < 4.78 is 5.39. The first-order chi connectivity index (χ1) is 11.2. The third-order valence-corrected chi connectivity index (χ3v) is 4.50. The zero-order valence-electron chi connectivity index (χ0n) is 15.0. The fourth-order valence-electron chi connectivity index (χ4n) is 3.10. The number of hydrogen-bond acceptors (Lipinski definition) is 4. The minimum Gasteiger partial charge on any atom is -0.393 e. The van der Waals surface area contributed by atoms with Crippen molar-refractivity contribution in [1.82, 2.24) is 15.8 Å². The van der Waals surface area contributed by atoms with Gasteiger partial charge in [0.1, 0.15) is 5.76 Å². The van der Waals surface area contributed by atoms with Crippen molar-refractivity contribution in [2.45, 2.75) is 65.5 Å². The van der Waals surface area contributed by atoms with Crippen LogP contribution in [0.25, 0.3) is 0 Å². The van der Waals surface area contributed by atoms with Crippen LogP contribution in [0.5, 0.6) is 0 Å². The van der Waals surface area contributed by atoms with Crippen molar-refractivity contribution in [2.75, 3.05) is 13.1 Å². The van der Waals surface area contributed by atoms with Crippen molar-refractivity contribution in [2.24, 2.45) is 10.9 Å². The summed E-state index contributed by atoms with van der Waals surface area (Å²) in [5, 5.41) is 20.7. The highest BCUT2D eigenvalue weighted by atomic mass is 127. The molecule has 0 amide bonds. The summed E-state index contributed by atoms with van der Waals surface area (Å²) in [7, 11) is 0. The van der Waals surface area contributed by atoms with E-state index in [-0.39, 0.29) is 30.1 Å². The summed E-state index contributed by atoms with van der Waals surface area (Å²) in [4.78, 5) is 4.67. The zero-order valence-corrected chi connectivity index (χ0v) is 17.3. The SMILES string of the molecule is CCNC(=NCc1c(CC)noc1CC)NCC1CCCC1O.I. The van der Waals surface area contributed by atoms with Crippen molar-refractivity contribution in [3.8, 4) is 0 Å².